The molecule has 2 heterocycles. The van der Waals surface area contributed by atoms with Crippen LogP contribution in [0.25, 0.3) is 5.52 Å². The maximum Gasteiger partial charge on any atom is 0.306 e. The number of ketones is 1. The molecule has 0 spiro atoms. The normalized spacial score (nSPS) is 13.4. The molecule has 0 amide bonds. The summed E-state index contributed by atoms with van der Waals surface area (Å²) >= 11 is 0. The molecule has 1 unspecified atom stereocenters. The molecule has 0 aliphatic carbocycles. The standard InChI is InChI=1S/C30H40N2O4/c1-8-15-30(7,19-27(34)36-29(4,5)6)16-14-25(33)28-22(3)31-32-24(28)17-21(2)18-26(32)35-20-23-12-10-9-11-13-23/h9-13,17-18H,8,14-16,19-20H2,1-7H3. The van der Waals surface area contributed by atoms with E-state index in [9.17, 15) is 9.59 Å². The smallest absolute Gasteiger partial charge is 0.306 e. The molecule has 3 rings (SSSR count). The highest BCUT2D eigenvalue weighted by atomic mass is 16.6. The van der Waals surface area contributed by atoms with Crippen LogP contribution < -0.4 is 4.74 Å². The number of aryl methyl sites for hydroxylation is 2. The molecular formula is C30H40N2O4. The van der Waals surface area contributed by atoms with E-state index in [1.165, 1.54) is 0 Å². The Hall–Kier alpha value is -3.15. The Labute approximate surface area is 215 Å². The molecule has 0 saturated heterocycles. The molecule has 36 heavy (non-hydrogen) atoms. The summed E-state index contributed by atoms with van der Waals surface area (Å²) in [6, 6.07) is 13.9. The first-order valence-corrected chi connectivity index (χ1v) is 12.8. The predicted molar refractivity (Wildman–Crippen MR) is 142 cm³/mol. The van der Waals surface area contributed by atoms with Crippen molar-refractivity contribution in [2.45, 2.75) is 92.8 Å². The highest BCUT2D eigenvalue weighted by Crippen LogP contribution is 2.35. The molecule has 0 bridgehead atoms. The third-order valence-corrected chi connectivity index (χ3v) is 6.33. The maximum atomic E-state index is 13.5. The van der Waals surface area contributed by atoms with E-state index in [-0.39, 0.29) is 17.2 Å². The lowest BCUT2D eigenvalue weighted by molar-refractivity contribution is -0.157. The van der Waals surface area contributed by atoms with Crippen LogP contribution in [-0.4, -0.2) is 27.0 Å². The molecule has 2 aromatic heterocycles. The Morgan fingerprint density at radius 3 is 2.33 bits per heavy atom. The monoisotopic (exact) mass is 492 g/mol. The summed E-state index contributed by atoms with van der Waals surface area (Å²) in [4.78, 5) is 26.1. The Kier molecular flexibility index (Phi) is 8.59. The minimum atomic E-state index is -0.521. The number of carbonyl (C=O) groups is 2. The largest absolute Gasteiger partial charge is 0.473 e. The van der Waals surface area contributed by atoms with Crippen LogP contribution in [0.2, 0.25) is 0 Å². The molecule has 0 N–H and O–H groups in total. The summed E-state index contributed by atoms with van der Waals surface area (Å²) < 4.78 is 13.4. The van der Waals surface area contributed by atoms with Crippen LogP contribution in [-0.2, 0) is 16.1 Å². The molecule has 0 aliphatic heterocycles. The third-order valence-electron chi connectivity index (χ3n) is 6.33. The number of Topliss-reactive ketones (excluding diaryl/α,β-unsaturated/α-hetero) is 1. The molecule has 1 atom stereocenters. The van der Waals surface area contributed by atoms with Gasteiger partial charge in [-0.15, -0.1) is 0 Å². The molecule has 0 fully saturated rings. The average molecular weight is 493 g/mol. The Morgan fingerprint density at radius 1 is 1.00 bits per heavy atom. The van der Waals surface area contributed by atoms with Crippen molar-refractivity contribution in [1.29, 1.82) is 0 Å². The van der Waals surface area contributed by atoms with Crippen LogP contribution in [0.15, 0.2) is 42.5 Å². The van der Waals surface area contributed by atoms with Crippen molar-refractivity contribution >= 4 is 17.3 Å². The fraction of sp³-hybridized carbons (Fsp3) is 0.500. The first-order chi connectivity index (χ1) is 16.9. The zero-order chi connectivity index (χ0) is 26.5. The van der Waals surface area contributed by atoms with Crippen LogP contribution in [0.1, 0.15) is 93.9 Å². The van der Waals surface area contributed by atoms with Crippen molar-refractivity contribution in [2.24, 2.45) is 5.41 Å². The molecular weight excluding hydrogens is 452 g/mol. The number of fused-ring (bicyclic) bond motifs is 1. The van der Waals surface area contributed by atoms with Gasteiger partial charge in [0, 0.05) is 12.5 Å². The molecule has 6 nitrogen and oxygen atoms in total. The number of ether oxygens (including phenoxy) is 2. The lowest BCUT2D eigenvalue weighted by Crippen LogP contribution is -2.29. The van der Waals surface area contributed by atoms with Gasteiger partial charge in [0.15, 0.2) is 5.78 Å². The number of rotatable bonds is 11. The van der Waals surface area contributed by atoms with Crippen molar-refractivity contribution in [2.75, 3.05) is 0 Å². The van der Waals surface area contributed by atoms with Crippen molar-refractivity contribution in [1.82, 2.24) is 9.61 Å². The van der Waals surface area contributed by atoms with E-state index in [2.05, 4.69) is 18.9 Å². The lowest BCUT2D eigenvalue weighted by atomic mass is 9.77. The summed E-state index contributed by atoms with van der Waals surface area (Å²) in [5, 5.41) is 4.65. The van der Waals surface area contributed by atoms with Crippen LogP contribution in [0.3, 0.4) is 0 Å². The van der Waals surface area contributed by atoms with Gasteiger partial charge in [0.25, 0.3) is 0 Å². The quantitative estimate of drug-likeness (QED) is 0.212. The SMILES string of the molecule is CCCC(C)(CCC(=O)c1c(C)nn2c(OCc3ccccc3)cc(C)cc12)CC(=O)OC(C)(C)C. The molecule has 194 valence electrons. The summed E-state index contributed by atoms with van der Waals surface area (Å²) in [6.07, 6.45) is 3.04. The molecule has 1 aromatic carbocycles. The van der Waals surface area contributed by atoms with E-state index in [0.29, 0.717) is 43.0 Å². The zero-order valence-electron chi connectivity index (χ0n) is 22.8. The van der Waals surface area contributed by atoms with E-state index >= 15 is 0 Å². The Balaban J connectivity index is 1.80. The van der Waals surface area contributed by atoms with Gasteiger partial charge in [-0.25, -0.2) is 4.52 Å². The van der Waals surface area contributed by atoms with E-state index in [1.807, 2.05) is 77.1 Å². The van der Waals surface area contributed by atoms with E-state index in [1.54, 1.807) is 4.52 Å². The van der Waals surface area contributed by atoms with Crippen LogP contribution in [0.4, 0.5) is 0 Å². The summed E-state index contributed by atoms with van der Waals surface area (Å²) in [6.45, 7) is 14.1. The van der Waals surface area contributed by atoms with Gasteiger partial charge in [0.1, 0.15) is 12.2 Å². The number of hydrogen-bond acceptors (Lipinski definition) is 5. The number of nitrogens with zero attached hydrogens (tertiary/aromatic N) is 2. The fourth-order valence-electron chi connectivity index (χ4n) is 4.71. The summed E-state index contributed by atoms with van der Waals surface area (Å²) in [5.41, 5.74) is 3.30. The minimum absolute atomic E-state index is 0.0358. The first-order valence-electron chi connectivity index (χ1n) is 12.8. The highest BCUT2D eigenvalue weighted by Gasteiger charge is 2.31. The molecule has 3 aromatic rings. The van der Waals surface area contributed by atoms with Gasteiger partial charge in [0.2, 0.25) is 5.88 Å². The summed E-state index contributed by atoms with van der Waals surface area (Å²) in [7, 11) is 0. The number of hydrogen-bond donors (Lipinski definition) is 0. The minimum Gasteiger partial charge on any atom is -0.473 e. The molecule has 0 saturated carbocycles. The zero-order valence-corrected chi connectivity index (χ0v) is 22.8. The highest BCUT2D eigenvalue weighted by molar-refractivity contribution is 6.03. The second-order valence-electron chi connectivity index (χ2n) is 11.1. The van der Waals surface area contributed by atoms with Gasteiger partial charge < -0.3 is 9.47 Å². The lowest BCUT2D eigenvalue weighted by Gasteiger charge is -2.30. The Bertz CT molecular complexity index is 1210. The number of pyridine rings is 1. The summed E-state index contributed by atoms with van der Waals surface area (Å²) in [5.74, 6) is 0.430. The Morgan fingerprint density at radius 2 is 1.69 bits per heavy atom. The van der Waals surface area contributed by atoms with E-state index in [4.69, 9.17) is 9.47 Å². The van der Waals surface area contributed by atoms with E-state index in [0.717, 1.165) is 29.5 Å². The second-order valence-corrected chi connectivity index (χ2v) is 11.1. The first kappa shape index (κ1) is 27.4. The maximum absolute atomic E-state index is 13.5. The number of benzene rings is 1. The fourth-order valence-corrected chi connectivity index (χ4v) is 4.71. The predicted octanol–water partition coefficient (Wildman–Crippen LogP) is 7.03. The van der Waals surface area contributed by atoms with Gasteiger partial charge in [-0.3, -0.25) is 9.59 Å². The van der Waals surface area contributed by atoms with Gasteiger partial charge in [0.05, 0.1) is 23.2 Å². The van der Waals surface area contributed by atoms with Gasteiger partial charge in [-0.05, 0) is 70.1 Å². The van der Waals surface area contributed by atoms with Crippen LogP contribution in [0, 0.1) is 19.3 Å². The van der Waals surface area contributed by atoms with Crippen LogP contribution >= 0.6 is 0 Å². The number of aromatic nitrogens is 2. The number of esters is 1. The van der Waals surface area contributed by atoms with Crippen molar-refractivity contribution < 1.29 is 19.1 Å². The van der Waals surface area contributed by atoms with Crippen molar-refractivity contribution in [3.05, 3.63) is 64.8 Å². The van der Waals surface area contributed by atoms with Gasteiger partial charge in [-0.1, -0.05) is 50.6 Å². The molecule has 6 heteroatoms. The van der Waals surface area contributed by atoms with Crippen molar-refractivity contribution in [3.63, 3.8) is 0 Å². The van der Waals surface area contributed by atoms with E-state index < -0.39 is 5.60 Å². The average Bonchev–Trinajstić information content (AvgIpc) is 3.11. The topological polar surface area (TPSA) is 69.9 Å². The van der Waals surface area contributed by atoms with Gasteiger partial charge >= 0.3 is 5.97 Å². The molecule has 0 aliphatic rings. The molecule has 0 radical (unpaired) electrons. The second kappa shape index (κ2) is 11.3. The van der Waals surface area contributed by atoms with Gasteiger partial charge in [-0.2, -0.15) is 5.10 Å². The van der Waals surface area contributed by atoms with Crippen LogP contribution in [0.5, 0.6) is 5.88 Å². The van der Waals surface area contributed by atoms with Crippen molar-refractivity contribution in [3.8, 4) is 5.88 Å². The third kappa shape index (κ3) is 7.19. The number of carbonyl (C=O) groups excluding carboxylic acids is 2.